The van der Waals surface area contributed by atoms with E-state index in [4.69, 9.17) is 14.2 Å². The number of nitrogens with zero attached hydrogens (tertiary/aromatic N) is 2. The smallest absolute Gasteiger partial charge is 0.193 e. The first-order valence-corrected chi connectivity index (χ1v) is 10.5. The Balaban J connectivity index is 1.52. The fourth-order valence-electron chi connectivity index (χ4n) is 3.62. The topological polar surface area (TPSA) is 55.3 Å². The van der Waals surface area contributed by atoms with Crippen molar-refractivity contribution in [3.63, 3.8) is 0 Å². The summed E-state index contributed by atoms with van der Waals surface area (Å²) in [6.07, 6.45) is 2.27. The first-order chi connectivity index (χ1) is 14.7. The molecule has 0 aromatic heterocycles. The van der Waals surface area contributed by atoms with E-state index in [0.717, 1.165) is 43.3 Å². The van der Waals surface area contributed by atoms with Gasteiger partial charge < -0.3 is 24.4 Å². The van der Waals surface area contributed by atoms with Crippen molar-refractivity contribution in [2.45, 2.75) is 38.6 Å². The van der Waals surface area contributed by atoms with E-state index in [1.54, 1.807) is 14.2 Å². The van der Waals surface area contributed by atoms with Crippen molar-refractivity contribution < 1.29 is 14.2 Å². The third-order valence-corrected chi connectivity index (χ3v) is 5.27. The highest BCUT2D eigenvalue weighted by Gasteiger charge is 2.14. The summed E-state index contributed by atoms with van der Waals surface area (Å²) in [5.41, 5.74) is 3.52. The molecule has 1 heterocycles. The molecule has 0 atom stereocenters. The molecule has 30 heavy (non-hydrogen) atoms. The van der Waals surface area contributed by atoms with Gasteiger partial charge in [-0.2, -0.15) is 0 Å². The Morgan fingerprint density at radius 3 is 2.67 bits per heavy atom. The Labute approximate surface area is 179 Å². The van der Waals surface area contributed by atoms with Crippen LogP contribution in [-0.4, -0.2) is 51.4 Å². The molecule has 0 aliphatic carbocycles. The Morgan fingerprint density at radius 1 is 1.13 bits per heavy atom. The summed E-state index contributed by atoms with van der Waals surface area (Å²) in [4.78, 5) is 6.52. The second-order valence-corrected chi connectivity index (χ2v) is 7.51. The number of methoxy groups -OCH3 is 1. The first-order valence-electron chi connectivity index (χ1n) is 10.5. The van der Waals surface area contributed by atoms with Gasteiger partial charge in [0.15, 0.2) is 5.96 Å². The van der Waals surface area contributed by atoms with Gasteiger partial charge in [-0.25, -0.2) is 0 Å². The highest BCUT2D eigenvalue weighted by atomic mass is 16.5. The van der Waals surface area contributed by atoms with Crippen molar-refractivity contribution in [2.75, 3.05) is 34.4 Å². The van der Waals surface area contributed by atoms with Gasteiger partial charge in [-0.1, -0.05) is 42.5 Å². The fraction of sp³-hybridized carbons (Fsp3) is 0.458. The predicted octanol–water partition coefficient (Wildman–Crippen LogP) is 3.60. The average molecular weight is 412 g/mol. The highest BCUT2D eigenvalue weighted by molar-refractivity contribution is 5.79. The van der Waals surface area contributed by atoms with Crippen LogP contribution in [0.15, 0.2) is 53.5 Å². The van der Waals surface area contributed by atoms with Crippen molar-refractivity contribution in [1.82, 2.24) is 10.2 Å². The zero-order chi connectivity index (χ0) is 21.2. The summed E-state index contributed by atoms with van der Waals surface area (Å²) in [5.74, 6) is 1.72. The van der Waals surface area contributed by atoms with E-state index in [1.165, 1.54) is 11.1 Å². The number of hydrogen-bond acceptors (Lipinski definition) is 4. The maximum absolute atomic E-state index is 6.05. The molecule has 1 N–H and O–H groups in total. The number of para-hydroxylation sites is 1. The molecule has 1 aliphatic rings. The number of ether oxygens (including phenoxy) is 3. The lowest BCUT2D eigenvalue weighted by Gasteiger charge is -2.23. The maximum atomic E-state index is 6.05. The molecule has 0 spiro atoms. The zero-order valence-corrected chi connectivity index (χ0v) is 18.3. The highest BCUT2D eigenvalue weighted by Crippen LogP contribution is 2.19. The van der Waals surface area contributed by atoms with Gasteiger partial charge in [-0.05, 0) is 30.0 Å². The van der Waals surface area contributed by atoms with E-state index in [-0.39, 0.29) is 0 Å². The summed E-state index contributed by atoms with van der Waals surface area (Å²) < 4.78 is 16.9. The van der Waals surface area contributed by atoms with Gasteiger partial charge in [0.25, 0.3) is 0 Å². The van der Waals surface area contributed by atoms with Crippen molar-refractivity contribution in [2.24, 2.45) is 4.99 Å². The number of nitrogens with one attached hydrogen (secondary N) is 1. The van der Waals surface area contributed by atoms with Crippen molar-refractivity contribution in [3.05, 3.63) is 65.2 Å². The fourth-order valence-corrected chi connectivity index (χ4v) is 3.62. The summed E-state index contributed by atoms with van der Waals surface area (Å²) in [6.45, 7) is 3.66. The van der Waals surface area contributed by atoms with Gasteiger partial charge in [0.2, 0.25) is 0 Å². The molecule has 0 radical (unpaired) electrons. The molecule has 6 nitrogen and oxygen atoms in total. The number of aliphatic imine (C=N–C) groups is 1. The van der Waals surface area contributed by atoms with E-state index < -0.39 is 0 Å². The SMILES string of the molecule is CN=C(NCc1cccc(COC2CCOCC2)c1)N(C)Cc1ccccc1OC. The quantitative estimate of drug-likeness (QED) is 0.531. The van der Waals surface area contributed by atoms with Crippen LogP contribution in [0.2, 0.25) is 0 Å². The summed E-state index contributed by atoms with van der Waals surface area (Å²) in [6, 6.07) is 16.6. The van der Waals surface area contributed by atoms with E-state index in [1.807, 2.05) is 25.2 Å². The number of rotatable bonds is 8. The predicted molar refractivity (Wildman–Crippen MR) is 120 cm³/mol. The van der Waals surface area contributed by atoms with Crippen LogP contribution >= 0.6 is 0 Å². The molecular formula is C24H33N3O3. The van der Waals surface area contributed by atoms with E-state index in [2.05, 4.69) is 45.5 Å². The van der Waals surface area contributed by atoms with E-state index in [9.17, 15) is 0 Å². The second kappa shape index (κ2) is 11.6. The first kappa shape index (κ1) is 22.1. The molecule has 2 aromatic carbocycles. The van der Waals surface area contributed by atoms with Crippen LogP contribution in [0.1, 0.15) is 29.5 Å². The van der Waals surface area contributed by atoms with Gasteiger partial charge in [-0.15, -0.1) is 0 Å². The lowest BCUT2D eigenvalue weighted by Crippen LogP contribution is -2.38. The molecule has 3 rings (SSSR count). The van der Waals surface area contributed by atoms with E-state index in [0.29, 0.717) is 25.8 Å². The van der Waals surface area contributed by atoms with Crippen LogP contribution in [0.4, 0.5) is 0 Å². The molecule has 2 aromatic rings. The monoisotopic (exact) mass is 411 g/mol. The van der Waals surface area contributed by atoms with Crippen molar-refractivity contribution in [3.8, 4) is 5.75 Å². The lowest BCUT2D eigenvalue weighted by atomic mass is 10.1. The van der Waals surface area contributed by atoms with Crippen LogP contribution in [0.3, 0.4) is 0 Å². The standard InChI is InChI=1S/C24H33N3O3/c1-25-24(27(2)17-21-9-4-5-10-23(21)28-3)26-16-19-7-6-8-20(15-19)18-30-22-11-13-29-14-12-22/h4-10,15,22H,11-14,16-18H2,1-3H3,(H,25,26). The molecule has 1 fully saturated rings. The largest absolute Gasteiger partial charge is 0.496 e. The van der Waals surface area contributed by atoms with Crippen molar-refractivity contribution >= 4 is 5.96 Å². The van der Waals surface area contributed by atoms with Crippen LogP contribution < -0.4 is 10.1 Å². The minimum absolute atomic E-state index is 0.308. The van der Waals surface area contributed by atoms with Gasteiger partial charge in [-0.3, -0.25) is 4.99 Å². The average Bonchev–Trinajstić information content (AvgIpc) is 2.79. The van der Waals surface area contributed by atoms with Crippen LogP contribution in [0.5, 0.6) is 5.75 Å². The second-order valence-electron chi connectivity index (χ2n) is 7.51. The molecule has 162 valence electrons. The molecule has 0 unspecified atom stereocenters. The summed E-state index contributed by atoms with van der Waals surface area (Å²) in [5, 5.41) is 3.45. The Bertz CT molecular complexity index is 819. The molecule has 0 saturated carbocycles. The molecule has 1 saturated heterocycles. The lowest BCUT2D eigenvalue weighted by molar-refractivity contribution is -0.0390. The van der Waals surface area contributed by atoms with Crippen LogP contribution in [0, 0.1) is 0 Å². The normalized spacial score (nSPS) is 15.1. The summed E-state index contributed by atoms with van der Waals surface area (Å²) >= 11 is 0. The van der Waals surface area contributed by atoms with Gasteiger partial charge >= 0.3 is 0 Å². The molecule has 0 bridgehead atoms. The molecule has 0 amide bonds. The van der Waals surface area contributed by atoms with Gasteiger partial charge in [0.05, 0.1) is 19.8 Å². The summed E-state index contributed by atoms with van der Waals surface area (Å²) in [7, 11) is 5.53. The van der Waals surface area contributed by atoms with Crippen LogP contribution in [0.25, 0.3) is 0 Å². The molecule has 6 heteroatoms. The molecular weight excluding hydrogens is 378 g/mol. The van der Waals surface area contributed by atoms with Gasteiger partial charge in [0, 0.05) is 46.0 Å². The molecule has 1 aliphatic heterocycles. The number of hydrogen-bond donors (Lipinski definition) is 1. The maximum Gasteiger partial charge on any atom is 0.193 e. The minimum atomic E-state index is 0.308. The third-order valence-electron chi connectivity index (χ3n) is 5.27. The van der Waals surface area contributed by atoms with E-state index >= 15 is 0 Å². The Hall–Kier alpha value is -2.57. The Kier molecular flexibility index (Phi) is 8.53. The Morgan fingerprint density at radius 2 is 1.90 bits per heavy atom. The minimum Gasteiger partial charge on any atom is -0.496 e. The van der Waals surface area contributed by atoms with Crippen LogP contribution in [-0.2, 0) is 29.2 Å². The van der Waals surface area contributed by atoms with Crippen molar-refractivity contribution in [1.29, 1.82) is 0 Å². The zero-order valence-electron chi connectivity index (χ0n) is 18.3. The third kappa shape index (κ3) is 6.47. The number of guanidine groups is 1. The number of benzene rings is 2. The van der Waals surface area contributed by atoms with Gasteiger partial charge in [0.1, 0.15) is 5.75 Å².